The lowest BCUT2D eigenvalue weighted by Gasteiger charge is -2.31. The number of carboxylic acids is 1. The van der Waals surface area contributed by atoms with Crippen LogP contribution in [0.15, 0.2) is 0 Å². The Labute approximate surface area is 109 Å². The second-order valence-corrected chi connectivity index (χ2v) is 6.17. The number of piperidine rings is 1. The third kappa shape index (κ3) is 4.96. The second kappa shape index (κ2) is 6.06. The molecule has 0 spiro atoms. The van der Waals surface area contributed by atoms with Gasteiger partial charge in [0.15, 0.2) is 0 Å². The van der Waals surface area contributed by atoms with Crippen molar-refractivity contribution in [3.8, 4) is 0 Å². The number of hydrogen-bond acceptors (Lipinski definition) is 3. The molecule has 0 radical (unpaired) electrons. The highest BCUT2D eigenvalue weighted by Gasteiger charge is 2.40. The smallest absolute Gasteiger partial charge is 0.402 e. The number of halogens is 3. The molecule has 0 unspecified atom stereocenters. The maximum absolute atomic E-state index is 12.3. The van der Waals surface area contributed by atoms with Crippen LogP contribution < -0.4 is 0 Å². The Kier molecular flexibility index (Phi) is 5.16. The zero-order chi connectivity index (χ0) is 14.7. The van der Waals surface area contributed by atoms with Crippen molar-refractivity contribution in [2.45, 2.75) is 25.4 Å². The average molecular weight is 304 g/mol. The molecular weight excluding hydrogens is 289 g/mol. The first-order valence-electron chi connectivity index (χ1n) is 5.67. The fraction of sp³-hybridized carbons (Fsp3) is 0.889. The molecule has 0 aromatic rings. The van der Waals surface area contributed by atoms with Crippen LogP contribution in [0.2, 0.25) is 0 Å². The molecular formula is C9H15F3N2O4S. The van der Waals surface area contributed by atoms with Gasteiger partial charge in [-0.1, -0.05) is 6.42 Å². The summed E-state index contributed by atoms with van der Waals surface area (Å²) in [4.78, 5) is 10.5. The highest BCUT2D eigenvalue weighted by atomic mass is 32.2. The van der Waals surface area contributed by atoms with Gasteiger partial charge in [-0.25, -0.2) is 0 Å². The Morgan fingerprint density at radius 2 is 1.74 bits per heavy atom. The summed E-state index contributed by atoms with van der Waals surface area (Å²) in [7, 11) is -4.39. The van der Waals surface area contributed by atoms with Gasteiger partial charge in [-0.15, -0.1) is 0 Å². The summed E-state index contributed by atoms with van der Waals surface area (Å²) < 4.78 is 61.9. The normalized spacial score (nSPS) is 18.7. The highest BCUT2D eigenvalue weighted by Crippen LogP contribution is 2.22. The Morgan fingerprint density at radius 1 is 1.21 bits per heavy atom. The molecule has 112 valence electrons. The van der Waals surface area contributed by atoms with E-state index in [1.165, 1.54) is 0 Å². The molecule has 0 atom stereocenters. The monoisotopic (exact) mass is 304 g/mol. The molecule has 1 N–H and O–H groups in total. The van der Waals surface area contributed by atoms with Crippen LogP contribution in [-0.4, -0.2) is 60.5 Å². The molecule has 0 aromatic heterocycles. The van der Waals surface area contributed by atoms with Crippen LogP contribution in [0.3, 0.4) is 0 Å². The van der Waals surface area contributed by atoms with Crippen molar-refractivity contribution >= 4 is 16.2 Å². The standard InChI is InChI=1S/C9H15F3N2O4S/c10-9(11,12)7-14(6-8(15)16)19(17,18)13-4-2-1-3-5-13/h1-7H2,(H,15,16). The maximum atomic E-state index is 12.3. The Balaban J connectivity index is 2.90. The second-order valence-electron chi connectivity index (χ2n) is 4.24. The maximum Gasteiger partial charge on any atom is 0.402 e. The van der Waals surface area contributed by atoms with Crippen molar-refractivity contribution in [3.05, 3.63) is 0 Å². The van der Waals surface area contributed by atoms with Crippen molar-refractivity contribution in [1.29, 1.82) is 0 Å². The van der Waals surface area contributed by atoms with Gasteiger partial charge in [-0.3, -0.25) is 4.79 Å². The number of aliphatic carboxylic acids is 1. The van der Waals surface area contributed by atoms with Crippen molar-refractivity contribution in [3.63, 3.8) is 0 Å². The van der Waals surface area contributed by atoms with Gasteiger partial charge < -0.3 is 5.11 Å². The molecule has 6 nitrogen and oxygen atoms in total. The van der Waals surface area contributed by atoms with Crippen molar-refractivity contribution in [2.75, 3.05) is 26.2 Å². The number of carbonyl (C=O) groups is 1. The molecule has 0 bridgehead atoms. The van der Waals surface area contributed by atoms with Gasteiger partial charge in [0.25, 0.3) is 10.2 Å². The van der Waals surface area contributed by atoms with Crippen molar-refractivity contribution in [2.24, 2.45) is 0 Å². The fourth-order valence-electron chi connectivity index (χ4n) is 1.83. The summed E-state index contributed by atoms with van der Waals surface area (Å²) in [6, 6.07) is 0. The Hall–Kier alpha value is -0.870. The first kappa shape index (κ1) is 16.2. The summed E-state index contributed by atoms with van der Waals surface area (Å²) in [5.74, 6) is -1.62. The molecule has 1 rings (SSSR count). The summed E-state index contributed by atoms with van der Waals surface area (Å²) in [5, 5.41) is 8.55. The SMILES string of the molecule is O=C(O)CN(CC(F)(F)F)S(=O)(=O)N1CCCCC1. The molecule has 0 amide bonds. The summed E-state index contributed by atoms with van der Waals surface area (Å²) in [5.41, 5.74) is 0. The molecule has 0 saturated carbocycles. The van der Waals surface area contributed by atoms with E-state index in [1.54, 1.807) is 0 Å². The van der Waals surface area contributed by atoms with Crippen LogP contribution in [0.1, 0.15) is 19.3 Å². The quantitative estimate of drug-likeness (QED) is 0.809. The molecule has 1 aliphatic rings. The van der Waals surface area contributed by atoms with E-state index in [0.717, 1.165) is 10.7 Å². The van der Waals surface area contributed by atoms with Crippen LogP contribution in [0.4, 0.5) is 13.2 Å². The third-order valence-corrected chi connectivity index (χ3v) is 4.56. The molecule has 1 saturated heterocycles. The van der Waals surface area contributed by atoms with Crippen molar-refractivity contribution in [1.82, 2.24) is 8.61 Å². The van der Waals surface area contributed by atoms with Gasteiger partial charge in [0.2, 0.25) is 0 Å². The van der Waals surface area contributed by atoms with Gasteiger partial charge in [0.1, 0.15) is 13.1 Å². The van der Waals surface area contributed by atoms with E-state index in [0.29, 0.717) is 12.8 Å². The first-order valence-corrected chi connectivity index (χ1v) is 7.06. The van der Waals surface area contributed by atoms with E-state index in [1.807, 2.05) is 0 Å². The van der Waals surface area contributed by atoms with Gasteiger partial charge in [0.05, 0.1) is 0 Å². The summed E-state index contributed by atoms with van der Waals surface area (Å²) in [6.45, 7) is -2.75. The fourth-order valence-corrected chi connectivity index (χ4v) is 3.46. The predicted molar refractivity (Wildman–Crippen MR) is 59.6 cm³/mol. The van der Waals surface area contributed by atoms with Gasteiger partial charge in [-0.05, 0) is 12.8 Å². The molecule has 0 aromatic carbocycles. The highest BCUT2D eigenvalue weighted by molar-refractivity contribution is 7.86. The number of alkyl halides is 3. The number of carboxylic acid groups (broad SMARTS) is 1. The van der Waals surface area contributed by atoms with Crippen molar-refractivity contribution < 1.29 is 31.5 Å². The largest absolute Gasteiger partial charge is 0.480 e. The Morgan fingerprint density at radius 3 is 2.16 bits per heavy atom. The van der Waals surface area contributed by atoms with Gasteiger partial charge in [0, 0.05) is 13.1 Å². The van der Waals surface area contributed by atoms with E-state index < -0.39 is 35.4 Å². The lowest BCUT2D eigenvalue weighted by atomic mass is 10.2. The van der Waals surface area contributed by atoms with Crippen LogP contribution >= 0.6 is 0 Å². The predicted octanol–water partition coefficient (Wildman–Crippen LogP) is 0.666. The molecule has 10 heteroatoms. The van der Waals surface area contributed by atoms with E-state index in [2.05, 4.69) is 0 Å². The Bertz CT molecular complexity index is 418. The van der Waals surface area contributed by atoms with E-state index in [4.69, 9.17) is 5.11 Å². The lowest BCUT2D eigenvalue weighted by Crippen LogP contribution is -2.50. The minimum Gasteiger partial charge on any atom is -0.480 e. The topological polar surface area (TPSA) is 77.9 Å². The first-order chi connectivity index (χ1) is 8.63. The number of nitrogens with zero attached hydrogens (tertiary/aromatic N) is 2. The van der Waals surface area contributed by atoms with E-state index in [9.17, 15) is 26.4 Å². The molecule has 1 fully saturated rings. The van der Waals surface area contributed by atoms with Crippen LogP contribution in [-0.2, 0) is 15.0 Å². The number of hydrogen-bond donors (Lipinski definition) is 1. The summed E-state index contributed by atoms with van der Waals surface area (Å²) >= 11 is 0. The van der Waals surface area contributed by atoms with Crippen LogP contribution in [0.25, 0.3) is 0 Å². The molecule has 1 heterocycles. The third-order valence-electron chi connectivity index (χ3n) is 2.63. The minimum atomic E-state index is -4.78. The van der Waals surface area contributed by atoms with E-state index >= 15 is 0 Å². The van der Waals surface area contributed by atoms with Crippen LogP contribution in [0, 0.1) is 0 Å². The lowest BCUT2D eigenvalue weighted by molar-refractivity contribution is -0.146. The van der Waals surface area contributed by atoms with Crippen LogP contribution in [0.5, 0.6) is 0 Å². The zero-order valence-corrected chi connectivity index (χ0v) is 10.9. The summed E-state index contributed by atoms with van der Waals surface area (Å²) in [6.07, 6.45) is -2.85. The average Bonchev–Trinajstić information content (AvgIpc) is 2.27. The molecule has 19 heavy (non-hydrogen) atoms. The zero-order valence-electron chi connectivity index (χ0n) is 10.1. The van der Waals surface area contributed by atoms with Gasteiger partial charge in [-0.2, -0.15) is 30.2 Å². The number of rotatable bonds is 5. The minimum absolute atomic E-state index is 0.0410. The van der Waals surface area contributed by atoms with Gasteiger partial charge >= 0.3 is 12.1 Å². The molecule has 0 aliphatic carbocycles. The van der Waals surface area contributed by atoms with E-state index in [-0.39, 0.29) is 17.4 Å². The molecule has 1 aliphatic heterocycles.